The van der Waals surface area contributed by atoms with Crippen LogP contribution in [0.2, 0.25) is 0 Å². The number of pyridine rings is 1. The molecule has 0 spiro atoms. The standard InChI is InChI=1S/C15H27N3/c1-6-8-18(5)15-10-13(11-16-7-2)9-14(17-15)12(3)4/h9-10,12,16H,6-8,11H2,1-5H3. The third kappa shape index (κ3) is 4.30. The van der Waals surface area contributed by atoms with E-state index in [1.807, 2.05) is 0 Å². The predicted octanol–water partition coefficient (Wildman–Crippen LogP) is 3.16. The molecule has 0 unspecified atom stereocenters. The van der Waals surface area contributed by atoms with Crippen molar-refractivity contribution in [2.45, 2.75) is 46.6 Å². The first-order valence-electron chi connectivity index (χ1n) is 7.01. The maximum absolute atomic E-state index is 4.76. The molecule has 1 aromatic rings. The molecule has 0 fully saturated rings. The van der Waals surface area contributed by atoms with E-state index in [-0.39, 0.29) is 0 Å². The Hall–Kier alpha value is -1.09. The lowest BCUT2D eigenvalue weighted by atomic mass is 10.1. The van der Waals surface area contributed by atoms with E-state index >= 15 is 0 Å². The van der Waals surface area contributed by atoms with Crippen LogP contribution < -0.4 is 10.2 Å². The summed E-state index contributed by atoms with van der Waals surface area (Å²) in [6.45, 7) is 11.7. The van der Waals surface area contributed by atoms with Gasteiger partial charge in [-0.2, -0.15) is 0 Å². The Kier molecular flexibility index (Phi) is 6.13. The molecular formula is C15H27N3. The molecule has 0 radical (unpaired) electrons. The fraction of sp³-hybridized carbons (Fsp3) is 0.667. The Morgan fingerprint density at radius 1 is 1.28 bits per heavy atom. The lowest BCUT2D eigenvalue weighted by Gasteiger charge is -2.20. The molecule has 0 saturated heterocycles. The van der Waals surface area contributed by atoms with Crippen LogP contribution in [0.15, 0.2) is 12.1 Å². The normalized spacial score (nSPS) is 11.0. The van der Waals surface area contributed by atoms with Crippen LogP contribution >= 0.6 is 0 Å². The van der Waals surface area contributed by atoms with Crippen molar-refractivity contribution in [1.82, 2.24) is 10.3 Å². The van der Waals surface area contributed by atoms with Crippen LogP contribution in [0.4, 0.5) is 5.82 Å². The van der Waals surface area contributed by atoms with Gasteiger partial charge in [0.15, 0.2) is 0 Å². The zero-order chi connectivity index (χ0) is 13.5. The molecule has 0 amide bonds. The average Bonchev–Trinajstić information content (AvgIpc) is 2.36. The van der Waals surface area contributed by atoms with Gasteiger partial charge in [-0.1, -0.05) is 27.7 Å². The maximum Gasteiger partial charge on any atom is 0.128 e. The first-order valence-corrected chi connectivity index (χ1v) is 7.01. The first kappa shape index (κ1) is 15.0. The zero-order valence-corrected chi connectivity index (χ0v) is 12.5. The predicted molar refractivity (Wildman–Crippen MR) is 79.3 cm³/mol. The lowest BCUT2D eigenvalue weighted by molar-refractivity contribution is 0.718. The number of aromatic nitrogens is 1. The summed E-state index contributed by atoms with van der Waals surface area (Å²) in [4.78, 5) is 7.00. The highest BCUT2D eigenvalue weighted by Gasteiger charge is 2.08. The molecule has 3 nitrogen and oxygen atoms in total. The molecule has 0 saturated carbocycles. The third-order valence-corrected chi connectivity index (χ3v) is 3.01. The highest BCUT2D eigenvalue weighted by Crippen LogP contribution is 2.19. The van der Waals surface area contributed by atoms with E-state index in [0.717, 1.165) is 31.9 Å². The van der Waals surface area contributed by atoms with Crippen molar-refractivity contribution in [2.24, 2.45) is 0 Å². The molecule has 0 atom stereocenters. The van der Waals surface area contributed by atoms with Gasteiger partial charge in [0, 0.05) is 25.8 Å². The topological polar surface area (TPSA) is 28.2 Å². The summed E-state index contributed by atoms with van der Waals surface area (Å²) in [5, 5.41) is 3.38. The number of nitrogens with one attached hydrogen (secondary N) is 1. The Morgan fingerprint density at radius 2 is 2.00 bits per heavy atom. The maximum atomic E-state index is 4.76. The second-order valence-corrected chi connectivity index (χ2v) is 5.12. The molecule has 18 heavy (non-hydrogen) atoms. The molecule has 1 heterocycles. The van der Waals surface area contributed by atoms with Gasteiger partial charge in [0.05, 0.1) is 0 Å². The fourth-order valence-corrected chi connectivity index (χ4v) is 1.91. The number of anilines is 1. The molecule has 1 aromatic heterocycles. The Labute approximate surface area is 112 Å². The lowest BCUT2D eigenvalue weighted by Crippen LogP contribution is -2.21. The quantitative estimate of drug-likeness (QED) is 0.804. The molecule has 0 aliphatic heterocycles. The first-order chi connectivity index (χ1) is 8.58. The van der Waals surface area contributed by atoms with Crippen LogP contribution in [0.1, 0.15) is 51.3 Å². The second kappa shape index (κ2) is 7.37. The fourth-order valence-electron chi connectivity index (χ4n) is 1.91. The van der Waals surface area contributed by atoms with Crippen LogP contribution in [-0.2, 0) is 6.54 Å². The summed E-state index contributed by atoms with van der Waals surface area (Å²) in [5.74, 6) is 1.57. The zero-order valence-electron chi connectivity index (χ0n) is 12.5. The van der Waals surface area contributed by atoms with Crippen LogP contribution in [0, 0.1) is 0 Å². The van der Waals surface area contributed by atoms with Gasteiger partial charge >= 0.3 is 0 Å². The van der Waals surface area contributed by atoms with Gasteiger partial charge in [-0.15, -0.1) is 0 Å². The Bertz CT molecular complexity index is 361. The van der Waals surface area contributed by atoms with E-state index < -0.39 is 0 Å². The van der Waals surface area contributed by atoms with E-state index in [4.69, 9.17) is 4.98 Å². The molecule has 102 valence electrons. The van der Waals surface area contributed by atoms with E-state index in [1.165, 1.54) is 11.3 Å². The summed E-state index contributed by atoms with van der Waals surface area (Å²) in [7, 11) is 2.12. The minimum absolute atomic E-state index is 0.473. The summed E-state index contributed by atoms with van der Waals surface area (Å²) < 4.78 is 0. The monoisotopic (exact) mass is 249 g/mol. The number of hydrogen-bond acceptors (Lipinski definition) is 3. The number of hydrogen-bond donors (Lipinski definition) is 1. The van der Waals surface area contributed by atoms with Crippen molar-refractivity contribution >= 4 is 5.82 Å². The minimum Gasteiger partial charge on any atom is -0.360 e. The van der Waals surface area contributed by atoms with Gasteiger partial charge in [-0.05, 0) is 36.6 Å². The highest BCUT2D eigenvalue weighted by atomic mass is 15.2. The molecule has 1 N–H and O–H groups in total. The van der Waals surface area contributed by atoms with Crippen molar-refractivity contribution < 1.29 is 0 Å². The summed E-state index contributed by atoms with van der Waals surface area (Å²) in [6.07, 6.45) is 1.15. The van der Waals surface area contributed by atoms with Gasteiger partial charge in [0.25, 0.3) is 0 Å². The van der Waals surface area contributed by atoms with Crippen molar-refractivity contribution in [1.29, 1.82) is 0 Å². The third-order valence-electron chi connectivity index (χ3n) is 3.01. The Morgan fingerprint density at radius 3 is 2.56 bits per heavy atom. The molecule has 0 aliphatic carbocycles. The van der Waals surface area contributed by atoms with Gasteiger partial charge in [0.2, 0.25) is 0 Å². The second-order valence-electron chi connectivity index (χ2n) is 5.12. The van der Waals surface area contributed by atoms with E-state index in [1.54, 1.807) is 0 Å². The van der Waals surface area contributed by atoms with Crippen LogP contribution in [0.5, 0.6) is 0 Å². The number of nitrogens with zero attached hydrogens (tertiary/aromatic N) is 2. The summed E-state index contributed by atoms with van der Waals surface area (Å²) in [5.41, 5.74) is 2.51. The van der Waals surface area contributed by atoms with Gasteiger partial charge in [-0.25, -0.2) is 4.98 Å². The van der Waals surface area contributed by atoms with Crippen molar-refractivity contribution in [3.63, 3.8) is 0 Å². The highest BCUT2D eigenvalue weighted by molar-refractivity contribution is 5.42. The van der Waals surface area contributed by atoms with Crippen LogP contribution in [0.3, 0.4) is 0 Å². The molecule has 1 rings (SSSR count). The van der Waals surface area contributed by atoms with E-state index in [2.05, 4.69) is 57.1 Å². The molecule has 0 bridgehead atoms. The van der Waals surface area contributed by atoms with Gasteiger partial charge < -0.3 is 10.2 Å². The largest absolute Gasteiger partial charge is 0.360 e. The van der Waals surface area contributed by atoms with Gasteiger partial charge in [0.1, 0.15) is 5.82 Å². The Balaban J connectivity index is 2.97. The van der Waals surface area contributed by atoms with Crippen molar-refractivity contribution in [3.8, 4) is 0 Å². The van der Waals surface area contributed by atoms with Gasteiger partial charge in [-0.3, -0.25) is 0 Å². The molecule has 0 aromatic carbocycles. The minimum atomic E-state index is 0.473. The van der Waals surface area contributed by atoms with Crippen molar-refractivity contribution in [3.05, 3.63) is 23.4 Å². The summed E-state index contributed by atoms with van der Waals surface area (Å²) in [6, 6.07) is 4.42. The molecular weight excluding hydrogens is 222 g/mol. The number of rotatable bonds is 7. The van der Waals surface area contributed by atoms with E-state index in [0.29, 0.717) is 5.92 Å². The van der Waals surface area contributed by atoms with Crippen LogP contribution in [0.25, 0.3) is 0 Å². The van der Waals surface area contributed by atoms with Crippen molar-refractivity contribution in [2.75, 3.05) is 25.0 Å². The SMILES string of the molecule is CCCN(C)c1cc(CNCC)cc(C(C)C)n1. The summed E-state index contributed by atoms with van der Waals surface area (Å²) >= 11 is 0. The molecule has 0 aliphatic rings. The van der Waals surface area contributed by atoms with E-state index in [9.17, 15) is 0 Å². The average molecular weight is 249 g/mol. The smallest absolute Gasteiger partial charge is 0.128 e. The molecule has 3 heteroatoms. The van der Waals surface area contributed by atoms with Crippen LogP contribution in [-0.4, -0.2) is 25.1 Å².